The van der Waals surface area contributed by atoms with Crippen molar-refractivity contribution in [1.29, 1.82) is 0 Å². The highest BCUT2D eigenvalue weighted by atomic mass is 19.4. The Balaban J connectivity index is 1.52. The smallest absolute Gasteiger partial charge is 0.416 e. The van der Waals surface area contributed by atoms with E-state index in [0.717, 1.165) is 18.9 Å². The van der Waals surface area contributed by atoms with Gasteiger partial charge in [-0.25, -0.2) is 4.79 Å². The second-order valence-corrected chi connectivity index (χ2v) is 6.89. The molecule has 2 heterocycles. The van der Waals surface area contributed by atoms with Crippen molar-refractivity contribution < 1.29 is 22.4 Å². The van der Waals surface area contributed by atoms with Crippen LogP contribution in [0.15, 0.2) is 47.1 Å². The van der Waals surface area contributed by atoms with Crippen LogP contribution < -0.4 is 5.32 Å². The summed E-state index contributed by atoms with van der Waals surface area (Å²) in [5.74, 6) is 0.884. The van der Waals surface area contributed by atoms with Crippen molar-refractivity contribution in [2.24, 2.45) is 5.92 Å². The topological polar surface area (TPSA) is 45.5 Å². The molecule has 4 nitrogen and oxygen atoms in total. The zero-order valence-corrected chi connectivity index (χ0v) is 15.0. The van der Waals surface area contributed by atoms with E-state index in [-0.39, 0.29) is 11.9 Å². The second-order valence-electron chi connectivity index (χ2n) is 6.89. The highest BCUT2D eigenvalue weighted by Gasteiger charge is 2.33. The van der Waals surface area contributed by atoms with Crippen LogP contribution in [-0.4, -0.2) is 24.0 Å². The van der Waals surface area contributed by atoms with E-state index in [2.05, 4.69) is 5.32 Å². The van der Waals surface area contributed by atoms with Crippen molar-refractivity contribution in [1.82, 2.24) is 10.2 Å². The molecule has 0 spiro atoms. The molecule has 1 aromatic carbocycles. The van der Waals surface area contributed by atoms with Gasteiger partial charge in [0.15, 0.2) is 0 Å². The summed E-state index contributed by atoms with van der Waals surface area (Å²) < 4.78 is 44.5. The van der Waals surface area contributed by atoms with Crippen molar-refractivity contribution in [3.8, 4) is 0 Å². The molecule has 0 bridgehead atoms. The van der Waals surface area contributed by atoms with E-state index in [1.54, 1.807) is 35.4 Å². The lowest BCUT2D eigenvalue weighted by molar-refractivity contribution is -0.138. The number of likely N-dealkylation sites (tertiary alicyclic amines) is 1. The Bertz CT molecular complexity index is 744. The maximum atomic E-state index is 13.1. The van der Waals surface area contributed by atoms with Crippen LogP contribution in [0.4, 0.5) is 18.0 Å². The van der Waals surface area contributed by atoms with E-state index in [1.807, 2.05) is 0 Å². The zero-order chi connectivity index (χ0) is 19.3. The molecular formula is C20H23F3N2O2. The largest absolute Gasteiger partial charge is 0.467 e. The van der Waals surface area contributed by atoms with Crippen LogP contribution in [0.5, 0.6) is 0 Å². The molecule has 146 valence electrons. The normalized spacial score (nSPS) is 17.7. The zero-order valence-electron chi connectivity index (χ0n) is 15.0. The molecule has 1 saturated heterocycles. The van der Waals surface area contributed by atoms with Crippen molar-refractivity contribution in [2.75, 3.05) is 13.1 Å². The van der Waals surface area contributed by atoms with E-state index in [4.69, 9.17) is 4.42 Å². The Hall–Kier alpha value is -2.44. The number of hydrogen-bond donors (Lipinski definition) is 1. The number of aryl methyl sites for hydroxylation is 1. The molecule has 1 aromatic heterocycles. The van der Waals surface area contributed by atoms with E-state index in [1.165, 1.54) is 6.07 Å². The van der Waals surface area contributed by atoms with Crippen molar-refractivity contribution in [3.63, 3.8) is 0 Å². The molecule has 1 fully saturated rings. The lowest BCUT2D eigenvalue weighted by Crippen LogP contribution is -2.45. The number of furan rings is 1. The number of nitrogens with zero attached hydrogens (tertiary/aromatic N) is 1. The number of amides is 2. The average molecular weight is 380 g/mol. The summed E-state index contributed by atoms with van der Waals surface area (Å²) >= 11 is 0. The third-order valence-corrected chi connectivity index (χ3v) is 4.94. The van der Waals surface area contributed by atoms with Gasteiger partial charge >= 0.3 is 12.2 Å². The first-order chi connectivity index (χ1) is 12.9. The van der Waals surface area contributed by atoms with Crippen LogP contribution in [0.25, 0.3) is 0 Å². The van der Waals surface area contributed by atoms with Crippen molar-refractivity contribution >= 4 is 6.03 Å². The Morgan fingerprint density at radius 2 is 2.04 bits per heavy atom. The quantitative estimate of drug-likeness (QED) is 0.806. The Labute approximate surface area is 156 Å². The van der Waals surface area contributed by atoms with Gasteiger partial charge in [-0.15, -0.1) is 0 Å². The van der Waals surface area contributed by atoms with E-state index in [9.17, 15) is 18.0 Å². The van der Waals surface area contributed by atoms with Gasteiger partial charge < -0.3 is 14.6 Å². The third kappa shape index (κ3) is 5.28. The number of halogens is 3. The van der Waals surface area contributed by atoms with Gasteiger partial charge in [0.1, 0.15) is 5.76 Å². The molecule has 1 aliphatic rings. The van der Waals surface area contributed by atoms with Crippen LogP contribution >= 0.6 is 0 Å². The summed E-state index contributed by atoms with van der Waals surface area (Å²) in [4.78, 5) is 14.1. The summed E-state index contributed by atoms with van der Waals surface area (Å²) in [5, 5.41) is 2.82. The molecule has 3 rings (SSSR count). The first-order valence-electron chi connectivity index (χ1n) is 9.14. The number of benzene rings is 1. The predicted molar refractivity (Wildman–Crippen MR) is 95.0 cm³/mol. The van der Waals surface area contributed by atoms with Crippen LogP contribution in [-0.2, 0) is 19.1 Å². The summed E-state index contributed by atoms with van der Waals surface area (Å²) in [6.45, 7) is 1.56. The summed E-state index contributed by atoms with van der Waals surface area (Å²) in [7, 11) is 0. The maximum absolute atomic E-state index is 13.1. The minimum absolute atomic E-state index is 0.160. The minimum atomic E-state index is -4.33. The lowest BCUT2D eigenvalue weighted by atomic mass is 9.90. The molecular weight excluding hydrogens is 357 g/mol. The second kappa shape index (κ2) is 8.50. The highest BCUT2D eigenvalue weighted by Crippen LogP contribution is 2.33. The van der Waals surface area contributed by atoms with E-state index >= 15 is 0 Å². The number of urea groups is 1. The van der Waals surface area contributed by atoms with Crippen LogP contribution in [0.3, 0.4) is 0 Å². The van der Waals surface area contributed by atoms with E-state index in [0.29, 0.717) is 43.8 Å². The highest BCUT2D eigenvalue weighted by molar-refractivity contribution is 5.74. The Morgan fingerprint density at radius 3 is 2.78 bits per heavy atom. The number of rotatable bonds is 5. The van der Waals surface area contributed by atoms with Gasteiger partial charge in [0.05, 0.1) is 18.4 Å². The number of carbonyl (C=O) groups excluding carboxylic acids is 1. The van der Waals surface area contributed by atoms with E-state index < -0.39 is 11.7 Å². The number of carbonyl (C=O) groups is 1. The third-order valence-electron chi connectivity index (χ3n) is 4.94. The maximum Gasteiger partial charge on any atom is 0.416 e. The van der Waals surface area contributed by atoms with Crippen molar-refractivity contribution in [3.05, 3.63) is 59.5 Å². The predicted octanol–water partition coefficient (Wildman–Crippen LogP) is 4.85. The Morgan fingerprint density at radius 1 is 1.22 bits per heavy atom. The number of nitrogens with one attached hydrogen (secondary N) is 1. The fourth-order valence-electron chi connectivity index (χ4n) is 3.55. The SMILES string of the molecule is O=C(NCc1ccco1)N1CCCC(CCc2ccccc2C(F)(F)F)C1. The van der Waals surface area contributed by atoms with Gasteiger partial charge in [-0.2, -0.15) is 13.2 Å². The molecule has 0 aliphatic carbocycles. The summed E-state index contributed by atoms with van der Waals surface area (Å²) in [5.41, 5.74) is -0.238. The number of hydrogen-bond acceptors (Lipinski definition) is 2. The van der Waals surface area contributed by atoms with Gasteiger partial charge in [0.2, 0.25) is 0 Å². The van der Waals surface area contributed by atoms with Gasteiger partial charge in [-0.05, 0) is 55.4 Å². The fraction of sp³-hybridized carbons (Fsp3) is 0.450. The molecule has 1 N–H and O–H groups in total. The average Bonchev–Trinajstić information content (AvgIpc) is 3.18. The monoisotopic (exact) mass is 380 g/mol. The molecule has 0 saturated carbocycles. The van der Waals surface area contributed by atoms with Crippen LogP contribution in [0, 0.1) is 5.92 Å². The fourth-order valence-corrected chi connectivity index (χ4v) is 3.55. The van der Waals surface area contributed by atoms with Crippen LogP contribution in [0.2, 0.25) is 0 Å². The molecule has 1 unspecified atom stereocenters. The van der Waals surface area contributed by atoms with Crippen LogP contribution in [0.1, 0.15) is 36.1 Å². The van der Waals surface area contributed by atoms with Gasteiger partial charge in [-0.3, -0.25) is 0 Å². The first-order valence-corrected chi connectivity index (χ1v) is 9.14. The molecule has 2 amide bonds. The molecule has 1 atom stereocenters. The number of piperidine rings is 1. The molecule has 27 heavy (non-hydrogen) atoms. The lowest BCUT2D eigenvalue weighted by Gasteiger charge is -2.33. The molecule has 2 aromatic rings. The summed E-state index contributed by atoms with van der Waals surface area (Å²) in [6, 6.07) is 9.11. The first kappa shape index (κ1) is 19.3. The van der Waals surface area contributed by atoms with Crippen molar-refractivity contribution in [2.45, 2.75) is 38.4 Å². The molecule has 1 aliphatic heterocycles. The Kier molecular flexibility index (Phi) is 6.08. The minimum Gasteiger partial charge on any atom is -0.467 e. The molecule has 0 radical (unpaired) electrons. The van der Waals surface area contributed by atoms with Gasteiger partial charge in [0.25, 0.3) is 0 Å². The van der Waals surface area contributed by atoms with Gasteiger partial charge in [0, 0.05) is 13.1 Å². The summed E-state index contributed by atoms with van der Waals surface area (Å²) in [6.07, 6.45) is 0.00526. The standard InChI is InChI=1S/C20H23F3N2O2/c21-20(22,23)18-8-2-1-6-16(18)10-9-15-5-3-11-25(14-15)19(26)24-13-17-7-4-12-27-17/h1-2,4,6-8,12,15H,3,5,9-11,13-14H2,(H,24,26). The number of alkyl halides is 3. The molecule has 7 heteroatoms. The van der Waals surface area contributed by atoms with Gasteiger partial charge in [-0.1, -0.05) is 18.2 Å².